The summed E-state index contributed by atoms with van der Waals surface area (Å²) >= 11 is 6.02. The number of pyridine rings is 1. The molecule has 2 aromatic rings. The van der Waals surface area contributed by atoms with Gasteiger partial charge in [0.2, 0.25) is 0 Å². The minimum atomic E-state index is -1.08. The maximum absolute atomic E-state index is 11.1. The Labute approximate surface area is 103 Å². The van der Waals surface area contributed by atoms with Crippen LogP contribution in [0.4, 0.5) is 0 Å². The van der Waals surface area contributed by atoms with Crippen LogP contribution in [0.3, 0.4) is 0 Å². The number of carbonyl (C=O) groups is 1. The molecule has 2 N–H and O–H groups in total. The largest absolute Gasteiger partial charge is 0.476 e. The minimum Gasteiger partial charge on any atom is -0.476 e. The number of fused-ring (bicyclic) bond motifs is 1. The van der Waals surface area contributed by atoms with Gasteiger partial charge in [-0.05, 0) is 26.1 Å². The molecule has 0 fully saturated rings. The van der Waals surface area contributed by atoms with Crippen LogP contribution in [0.15, 0.2) is 18.3 Å². The van der Waals surface area contributed by atoms with Crippen molar-refractivity contribution >= 4 is 23.1 Å². The summed E-state index contributed by atoms with van der Waals surface area (Å²) in [5, 5.41) is 12.5. The van der Waals surface area contributed by atoms with Crippen LogP contribution >= 0.6 is 11.6 Å². The van der Waals surface area contributed by atoms with E-state index in [-0.39, 0.29) is 11.7 Å². The normalized spacial score (nSPS) is 12.9. The number of nitrogens with one attached hydrogen (secondary N) is 1. The van der Waals surface area contributed by atoms with E-state index in [4.69, 9.17) is 16.7 Å². The molecule has 0 aliphatic carbocycles. The second-order valence-electron chi connectivity index (χ2n) is 3.71. The third-order valence-corrected chi connectivity index (χ3v) is 2.97. The summed E-state index contributed by atoms with van der Waals surface area (Å²) in [6, 6.07) is 3.35. The van der Waals surface area contributed by atoms with Crippen LogP contribution in [0, 0.1) is 0 Å². The second-order valence-corrected chi connectivity index (χ2v) is 4.12. The van der Waals surface area contributed by atoms with Crippen molar-refractivity contribution in [2.75, 3.05) is 7.05 Å². The van der Waals surface area contributed by atoms with Gasteiger partial charge in [0.1, 0.15) is 5.82 Å². The van der Waals surface area contributed by atoms with Gasteiger partial charge in [0.15, 0.2) is 5.69 Å². The molecular formula is C11H12ClN3O2. The zero-order valence-electron chi connectivity index (χ0n) is 9.44. The summed E-state index contributed by atoms with van der Waals surface area (Å²) in [6.45, 7) is 1.90. The molecule has 2 aromatic heterocycles. The molecule has 0 aliphatic rings. The van der Waals surface area contributed by atoms with Gasteiger partial charge in [-0.1, -0.05) is 11.6 Å². The Morgan fingerprint density at radius 2 is 2.35 bits per heavy atom. The lowest BCUT2D eigenvalue weighted by Gasteiger charge is -2.08. The number of hydrogen-bond donors (Lipinski definition) is 2. The van der Waals surface area contributed by atoms with E-state index in [2.05, 4.69) is 10.3 Å². The van der Waals surface area contributed by atoms with Gasteiger partial charge in [0.25, 0.3) is 0 Å². The molecule has 0 saturated carbocycles. The summed E-state index contributed by atoms with van der Waals surface area (Å²) in [7, 11) is 1.79. The Morgan fingerprint density at radius 1 is 1.65 bits per heavy atom. The smallest absolute Gasteiger partial charge is 0.356 e. The molecule has 1 atom stereocenters. The predicted molar refractivity (Wildman–Crippen MR) is 64.6 cm³/mol. The number of imidazole rings is 1. The summed E-state index contributed by atoms with van der Waals surface area (Å²) in [5.41, 5.74) is 0.409. The molecule has 5 nitrogen and oxygen atoms in total. The van der Waals surface area contributed by atoms with E-state index >= 15 is 0 Å². The topological polar surface area (TPSA) is 66.6 Å². The van der Waals surface area contributed by atoms with Crippen LogP contribution < -0.4 is 5.32 Å². The third-order valence-electron chi connectivity index (χ3n) is 2.67. The Hall–Kier alpha value is -1.59. The first-order valence-electron chi connectivity index (χ1n) is 5.13. The number of hydrogen-bond acceptors (Lipinski definition) is 3. The van der Waals surface area contributed by atoms with E-state index in [9.17, 15) is 4.79 Å². The fourth-order valence-corrected chi connectivity index (χ4v) is 1.96. The highest BCUT2D eigenvalue weighted by Crippen LogP contribution is 2.24. The highest BCUT2D eigenvalue weighted by molar-refractivity contribution is 6.34. The molecule has 0 radical (unpaired) electrons. The Morgan fingerprint density at radius 3 is 2.94 bits per heavy atom. The van der Waals surface area contributed by atoms with Crippen LogP contribution in [-0.4, -0.2) is 27.5 Å². The predicted octanol–water partition coefficient (Wildman–Crippen LogP) is 1.97. The molecule has 90 valence electrons. The first-order chi connectivity index (χ1) is 8.06. The molecule has 0 amide bonds. The van der Waals surface area contributed by atoms with E-state index in [0.29, 0.717) is 16.4 Å². The zero-order chi connectivity index (χ0) is 12.6. The van der Waals surface area contributed by atoms with E-state index in [0.717, 1.165) is 0 Å². The maximum atomic E-state index is 11.1. The van der Waals surface area contributed by atoms with E-state index in [1.807, 2.05) is 6.92 Å². The van der Waals surface area contributed by atoms with Gasteiger partial charge >= 0.3 is 5.97 Å². The maximum Gasteiger partial charge on any atom is 0.356 e. The highest BCUT2D eigenvalue weighted by Gasteiger charge is 2.21. The number of halogens is 1. The van der Waals surface area contributed by atoms with Gasteiger partial charge in [-0.3, -0.25) is 0 Å². The van der Waals surface area contributed by atoms with Gasteiger partial charge in [0, 0.05) is 6.20 Å². The molecule has 6 heteroatoms. The number of aromatic carboxylic acids is 1. The Kier molecular flexibility index (Phi) is 3.04. The lowest BCUT2D eigenvalue weighted by Crippen LogP contribution is -2.15. The van der Waals surface area contributed by atoms with Gasteiger partial charge < -0.3 is 14.8 Å². The number of nitrogens with zero attached hydrogens (tertiary/aromatic N) is 2. The molecule has 0 aliphatic heterocycles. The number of aromatic nitrogens is 2. The average Bonchev–Trinajstić information content (AvgIpc) is 2.69. The molecule has 0 spiro atoms. The SMILES string of the molecule is CNC(C)c1nc(C(=O)O)c2c(Cl)cccn12. The molecule has 0 bridgehead atoms. The van der Waals surface area contributed by atoms with Gasteiger partial charge in [0.05, 0.1) is 16.6 Å². The van der Waals surface area contributed by atoms with Crippen LogP contribution in [0.2, 0.25) is 5.02 Å². The molecule has 0 aromatic carbocycles. The van der Waals surface area contributed by atoms with Crippen LogP contribution in [0.25, 0.3) is 5.52 Å². The summed E-state index contributed by atoms with van der Waals surface area (Å²) < 4.78 is 1.70. The molecule has 0 saturated heterocycles. The monoisotopic (exact) mass is 253 g/mol. The van der Waals surface area contributed by atoms with Crippen molar-refractivity contribution in [1.82, 2.24) is 14.7 Å². The molecule has 1 unspecified atom stereocenters. The van der Waals surface area contributed by atoms with Crippen LogP contribution in [-0.2, 0) is 0 Å². The fraction of sp³-hybridized carbons (Fsp3) is 0.273. The van der Waals surface area contributed by atoms with Crippen molar-refractivity contribution < 1.29 is 9.90 Å². The molecular weight excluding hydrogens is 242 g/mol. The lowest BCUT2D eigenvalue weighted by molar-refractivity contribution is 0.0693. The first kappa shape index (κ1) is 11.9. The number of carboxylic acid groups (broad SMARTS) is 1. The van der Waals surface area contributed by atoms with Crippen molar-refractivity contribution in [3.8, 4) is 0 Å². The highest BCUT2D eigenvalue weighted by atomic mass is 35.5. The first-order valence-corrected chi connectivity index (χ1v) is 5.51. The van der Waals surface area contributed by atoms with Crippen LogP contribution in [0.5, 0.6) is 0 Å². The second kappa shape index (κ2) is 4.35. The van der Waals surface area contributed by atoms with Crippen molar-refractivity contribution in [3.63, 3.8) is 0 Å². The van der Waals surface area contributed by atoms with Gasteiger partial charge in [-0.25, -0.2) is 9.78 Å². The standard InChI is InChI=1S/C11H12ClN3O2/c1-6(13-2)10-14-8(11(16)17)9-7(12)4-3-5-15(9)10/h3-6,13H,1-2H3,(H,16,17). The molecule has 2 heterocycles. The van der Waals surface area contributed by atoms with Gasteiger partial charge in [-0.15, -0.1) is 0 Å². The lowest BCUT2D eigenvalue weighted by atomic mass is 10.3. The summed E-state index contributed by atoms with van der Waals surface area (Å²) in [5.74, 6) is -0.451. The zero-order valence-corrected chi connectivity index (χ0v) is 10.2. The Balaban J connectivity index is 2.80. The van der Waals surface area contributed by atoms with Gasteiger partial charge in [-0.2, -0.15) is 0 Å². The third kappa shape index (κ3) is 1.87. The number of carboxylic acids is 1. The number of rotatable bonds is 3. The van der Waals surface area contributed by atoms with Crippen molar-refractivity contribution in [2.45, 2.75) is 13.0 Å². The quantitative estimate of drug-likeness (QED) is 0.878. The van der Waals surface area contributed by atoms with E-state index in [1.165, 1.54) is 0 Å². The average molecular weight is 254 g/mol. The molecule has 17 heavy (non-hydrogen) atoms. The van der Waals surface area contributed by atoms with Crippen molar-refractivity contribution in [1.29, 1.82) is 0 Å². The Bertz CT molecular complexity index is 579. The summed E-state index contributed by atoms with van der Waals surface area (Å²) in [6.07, 6.45) is 1.75. The van der Waals surface area contributed by atoms with Crippen molar-refractivity contribution in [2.24, 2.45) is 0 Å². The fourth-order valence-electron chi connectivity index (χ4n) is 1.71. The van der Waals surface area contributed by atoms with Crippen molar-refractivity contribution in [3.05, 3.63) is 34.9 Å². The molecule has 2 rings (SSSR count). The summed E-state index contributed by atoms with van der Waals surface area (Å²) in [4.78, 5) is 15.3. The van der Waals surface area contributed by atoms with E-state index in [1.54, 1.807) is 29.8 Å². The van der Waals surface area contributed by atoms with E-state index < -0.39 is 5.97 Å². The minimum absolute atomic E-state index is 0.0206. The van der Waals surface area contributed by atoms with Crippen LogP contribution in [0.1, 0.15) is 29.3 Å².